The summed E-state index contributed by atoms with van der Waals surface area (Å²) in [6, 6.07) is 17.1. The largest absolute Gasteiger partial charge is 0.347 e. The smallest absolute Gasteiger partial charge is 0.262 e. The quantitative estimate of drug-likeness (QED) is 0.469. The molecule has 3 N–H and O–H groups in total. The molecule has 7 nitrogen and oxygen atoms in total. The van der Waals surface area contributed by atoms with E-state index < -0.39 is 27.7 Å². The first-order valence-electron chi connectivity index (χ1n) is 10.1. The number of rotatable bonds is 8. The van der Waals surface area contributed by atoms with Crippen molar-refractivity contribution in [1.29, 1.82) is 0 Å². The van der Waals surface area contributed by atoms with Gasteiger partial charge in [0.05, 0.1) is 17.9 Å². The molecular weight excluding hydrogens is 445 g/mol. The third-order valence-corrected chi connectivity index (χ3v) is 6.25. The van der Waals surface area contributed by atoms with Crippen molar-refractivity contribution in [2.45, 2.75) is 25.2 Å². The fourth-order valence-corrected chi connectivity index (χ4v) is 4.49. The molecule has 0 saturated heterocycles. The second kappa shape index (κ2) is 10.3. The van der Waals surface area contributed by atoms with E-state index in [4.69, 9.17) is 0 Å². The van der Waals surface area contributed by atoms with Gasteiger partial charge in [0.2, 0.25) is 11.8 Å². The molecule has 0 aromatic heterocycles. The predicted molar refractivity (Wildman–Crippen MR) is 125 cm³/mol. The average molecular weight is 470 g/mol. The zero-order chi connectivity index (χ0) is 24.0. The molecule has 0 radical (unpaired) electrons. The Morgan fingerprint density at radius 3 is 2.36 bits per heavy atom. The zero-order valence-corrected chi connectivity index (χ0v) is 19.0. The first kappa shape index (κ1) is 23.9. The van der Waals surface area contributed by atoms with Crippen LogP contribution in [-0.4, -0.2) is 26.8 Å². The molecule has 3 rings (SSSR count). The van der Waals surface area contributed by atoms with Crippen molar-refractivity contribution in [2.75, 3.05) is 16.6 Å². The molecule has 0 aliphatic carbocycles. The standard InChI is InChI=1S/C24H24FN3O4S/c1-16-5-3-8-21(11-16)28-33(31,32)22-14-20(10-9-17(22)2)27-24(30)15-26-23(29)13-18-6-4-7-19(25)12-18/h3-12,14,28H,13,15H2,1-2H3,(H,26,29)(H,27,30). The van der Waals surface area contributed by atoms with Crippen LogP contribution >= 0.6 is 0 Å². The fourth-order valence-electron chi connectivity index (χ4n) is 3.16. The highest BCUT2D eigenvalue weighted by Gasteiger charge is 2.18. The fraction of sp³-hybridized carbons (Fsp3) is 0.167. The first-order chi connectivity index (χ1) is 15.6. The van der Waals surface area contributed by atoms with Crippen molar-refractivity contribution >= 4 is 33.2 Å². The van der Waals surface area contributed by atoms with Crippen LogP contribution < -0.4 is 15.4 Å². The van der Waals surface area contributed by atoms with Gasteiger partial charge in [-0.25, -0.2) is 12.8 Å². The van der Waals surface area contributed by atoms with Crippen LogP contribution in [0.2, 0.25) is 0 Å². The first-order valence-corrected chi connectivity index (χ1v) is 11.6. The molecule has 0 aliphatic rings. The van der Waals surface area contributed by atoms with Crippen LogP contribution in [0, 0.1) is 19.7 Å². The summed E-state index contributed by atoms with van der Waals surface area (Å²) < 4.78 is 41.5. The molecule has 2 amide bonds. The van der Waals surface area contributed by atoms with Gasteiger partial charge < -0.3 is 10.6 Å². The SMILES string of the molecule is Cc1cccc(NS(=O)(=O)c2cc(NC(=O)CNC(=O)Cc3cccc(F)c3)ccc2C)c1. The molecule has 0 spiro atoms. The van der Waals surface area contributed by atoms with E-state index in [9.17, 15) is 22.4 Å². The summed E-state index contributed by atoms with van der Waals surface area (Å²) in [6.07, 6.45) is -0.0669. The van der Waals surface area contributed by atoms with E-state index in [-0.39, 0.29) is 23.5 Å². The lowest BCUT2D eigenvalue weighted by Gasteiger charge is -2.13. The number of nitrogens with one attached hydrogen (secondary N) is 3. The van der Waals surface area contributed by atoms with E-state index in [0.717, 1.165) is 5.56 Å². The second-order valence-corrected chi connectivity index (χ2v) is 9.24. The summed E-state index contributed by atoms with van der Waals surface area (Å²) in [5, 5.41) is 5.04. The molecule has 0 saturated carbocycles. The second-order valence-electron chi connectivity index (χ2n) is 7.59. The van der Waals surface area contributed by atoms with E-state index in [1.807, 2.05) is 13.0 Å². The Balaban J connectivity index is 1.62. The zero-order valence-electron chi connectivity index (χ0n) is 18.2. The van der Waals surface area contributed by atoms with E-state index >= 15 is 0 Å². The maximum Gasteiger partial charge on any atom is 0.262 e. The number of benzene rings is 3. The number of sulfonamides is 1. The number of hydrogen-bond donors (Lipinski definition) is 3. The van der Waals surface area contributed by atoms with Crippen LogP contribution in [0.5, 0.6) is 0 Å². The molecule has 0 heterocycles. The lowest BCUT2D eigenvalue weighted by atomic mass is 10.1. The van der Waals surface area contributed by atoms with Gasteiger partial charge in [0.15, 0.2) is 0 Å². The molecular formula is C24H24FN3O4S. The van der Waals surface area contributed by atoms with E-state index in [1.54, 1.807) is 43.3 Å². The average Bonchev–Trinajstić information content (AvgIpc) is 2.73. The molecule has 0 unspecified atom stereocenters. The molecule has 0 aliphatic heterocycles. The minimum atomic E-state index is -3.88. The van der Waals surface area contributed by atoms with Crippen molar-refractivity contribution in [3.05, 3.63) is 89.2 Å². The van der Waals surface area contributed by atoms with Gasteiger partial charge in [-0.15, -0.1) is 0 Å². The van der Waals surface area contributed by atoms with Crippen LogP contribution in [0.25, 0.3) is 0 Å². The summed E-state index contributed by atoms with van der Waals surface area (Å²) in [6.45, 7) is 3.20. The Hall–Kier alpha value is -3.72. The maximum absolute atomic E-state index is 13.2. The Morgan fingerprint density at radius 2 is 1.64 bits per heavy atom. The minimum absolute atomic E-state index is 0.0249. The highest BCUT2D eigenvalue weighted by Crippen LogP contribution is 2.23. The number of hydrogen-bond acceptors (Lipinski definition) is 4. The highest BCUT2D eigenvalue weighted by molar-refractivity contribution is 7.92. The van der Waals surface area contributed by atoms with Gasteiger partial charge in [-0.2, -0.15) is 0 Å². The Bertz CT molecular complexity index is 1290. The predicted octanol–water partition coefficient (Wildman–Crippen LogP) is 3.54. The summed E-state index contributed by atoms with van der Waals surface area (Å²) in [5.74, 6) is -1.41. The third-order valence-electron chi connectivity index (χ3n) is 4.73. The molecule has 33 heavy (non-hydrogen) atoms. The summed E-state index contributed by atoms with van der Waals surface area (Å²) in [4.78, 5) is 24.3. The van der Waals surface area contributed by atoms with Crippen LogP contribution in [0.15, 0.2) is 71.6 Å². The Kier molecular flexibility index (Phi) is 7.44. The third kappa shape index (κ3) is 6.88. The Morgan fingerprint density at radius 1 is 0.879 bits per heavy atom. The number of aryl methyl sites for hydroxylation is 2. The molecule has 0 fully saturated rings. The van der Waals surface area contributed by atoms with Crippen LogP contribution in [0.3, 0.4) is 0 Å². The summed E-state index contributed by atoms with van der Waals surface area (Å²) in [5.41, 5.74) is 2.62. The van der Waals surface area contributed by atoms with E-state index in [2.05, 4.69) is 15.4 Å². The van der Waals surface area contributed by atoms with Crippen molar-refractivity contribution in [3.63, 3.8) is 0 Å². The van der Waals surface area contributed by atoms with Crippen molar-refractivity contribution in [1.82, 2.24) is 5.32 Å². The lowest BCUT2D eigenvalue weighted by molar-refractivity contribution is -0.123. The number of halogens is 1. The maximum atomic E-state index is 13.2. The van der Waals surface area contributed by atoms with Gasteiger partial charge in [0.1, 0.15) is 5.82 Å². The van der Waals surface area contributed by atoms with Gasteiger partial charge in [-0.3, -0.25) is 14.3 Å². The molecule has 172 valence electrons. The van der Waals surface area contributed by atoms with Gasteiger partial charge in [0, 0.05) is 11.4 Å². The van der Waals surface area contributed by atoms with Gasteiger partial charge in [-0.1, -0.05) is 30.3 Å². The minimum Gasteiger partial charge on any atom is -0.347 e. The molecule has 9 heteroatoms. The molecule has 0 bridgehead atoms. The Labute approximate surface area is 192 Å². The number of carbonyl (C=O) groups excluding carboxylic acids is 2. The molecule has 0 atom stereocenters. The van der Waals surface area contributed by atoms with Crippen molar-refractivity contribution < 1.29 is 22.4 Å². The van der Waals surface area contributed by atoms with Crippen LogP contribution in [-0.2, 0) is 26.0 Å². The van der Waals surface area contributed by atoms with Gasteiger partial charge in [-0.05, 0) is 66.9 Å². The lowest BCUT2D eigenvalue weighted by Crippen LogP contribution is -2.33. The molecule has 3 aromatic rings. The summed E-state index contributed by atoms with van der Waals surface area (Å²) in [7, 11) is -3.88. The van der Waals surface area contributed by atoms with Crippen LogP contribution in [0.4, 0.5) is 15.8 Å². The van der Waals surface area contributed by atoms with Crippen LogP contribution in [0.1, 0.15) is 16.7 Å². The molecule has 3 aromatic carbocycles. The van der Waals surface area contributed by atoms with Crippen molar-refractivity contribution in [3.8, 4) is 0 Å². The number of amides is 2. The van der Waals surface area contributed by atoms with Gasteiger partial charge >= 0.3 is 0 Å². The number of anilines is 2. The highest BCUT2D eigenvalue weighted by atomic mass is 32.2. The summed E-state index contributed by atoms with van der Waals surface area (Å²) >= 11 is 0. The topological polar surface area (TPSA) is 104 Å². The van der Waals surface area contributed by atoms with E-state index in [0.29, 0.717) is 16.8 Å². The number of carbonyl (C=O) groups is 2. The normalized spacial score (nSPS) is 11.0. The monoisotopic (exact) mass is 469 g/mol. The van der Waals surface area contributed by atoms with E-state index in [1.165, 1.54) is 24.3 Å². The van der Waals surface area contributed by atoms with Gasteiger partial charge in [0.25, 0.3) is 10.0 Å². The van der Waals surface area contributed by atoms with Crippen molar-refractivity contribution in [2.24, 2.45) is 0 Å².